The first kappa shape index (κ1) is 19.8. The highest BCUT2D eigenvalue weighted by molar-refractivity contribution is 5.73. The van der Waals surface area contributed by atoms with Crippen LogP contribution >= 0.6 is 0 Å². The summed E-state index contributed by atoms with van der Waals surface area (Å²) >= 11 is 0. The van der Waals surface area contributed by atoms with Crippen molar-refractivity contribution in [2.45, 2.75) is 31.8 Å². The first-order chi connectivity index (χ1) is 15.3. The Hall–Kier alpha value is -3.18. The van der Waals surface area contributed by atoms with Crippen molar-refractivity contribution in [2.75, 3.05) is 30.0 Å². The summed E-state index contributed by atoms with van der Waals surface area (Å²) in [6.07, 6.45) is 13.3. The third-order valence-electron chi connectivity index (χ3n) is 5.93. The van der Waals surface area contributed by atoms with E-state index in [2.05, 4.69) is 74.8 Å². The zero-order valence-corrected chi connectivity index (χ0v) is 17.7. The van der Waals surface area contributed by atoms with E-state index in [-0.39, 0.29) is 0 Å². The molecule has 2 aliphatic heterocycles. The Kier molecular flexibility index (Phi) is 5.94. The lowest BCUT2D eigenvalue weighted by atomic mass is 10.0. The molecule has 1 fully saturated rings. The Morgan fingerprint density at radius 1 is 0.968 bits per heavy atom. The van der Waals surface area contributed by atoms with Crippen LogP contribution in [0.3, 0.4) is 0 Å². The van der Waals surface area contributed by atoms with E-state index >= 15 is 0 Å². The Morgan fingerprint density at radius 2 is 1.81 bits per heavy atom. The van der Waals surface area contributed by atoms with Crippen molar-refractivity contribution in [1.82, 2.24) is 9.97 Å². The predicted octanol–water partition coefficient (Wildman–Crippen LogP) is 4.69. The molecule has 2 aliphatic rings. The summed E-state index contributed by atoms with van der Waals surface area (Å²) in [4.78, 5) is 11.6. The van der Waals surface area contributed by atoms with Gasteiger partial charge in [0.2, 0.25) is 0 Å². The van der Waals surface area contributed by atoms with Crippen molar-refractivity contribution in [3.8, 4) is 0 Å². The molecule has 0 amide bonds. The molecule has 0 bridgehead atoms. The molecule has 0 spiro atoms. The van der Waals surface area contributed by atoms with E-state index in [9.17, 15) is 0 Å². The molecular weight excluding hydrogens is 384 g/mol. The second kappa shape index (κ2) is 9.31. The minimum Gasteiger partial charge on any atom is -0.381 e. The van der Waals surface area contributed by atoms with Crippen LogP contribution in [0.15, 0.2) is 67.1 Å². The number of rotatable bonds is 6. The number of benzene rings is 1. The van der Waals surface area contributed by atoms with E-state index in [1.54, 1.807) is 0 Å². The van der Waals surface area contributed by atoms with E-state index in [4.69, 9.17) is 4.74 Å². The Balaban J connectivity index is 1.32. The molecule has 1 N–H and O–H groups in total. The summed E-state index contributed by atoms with van der Waals surface area (Å²) in [5.74, 6) is 0.946. The number of ether oxygens (including phenoxy) is 1. The van der Waals surface area contributed by atoms with E-state index in [1.807, 2.05) is 18.6 Å². The fraction of sp³-hybridized carbons (Fsp3) is 0.308. The van der Waals surface area contributed by atoms with Crippen LogP contribution in [-0.4, -0.2) is 35.8 Å². The molecule has 5 rings (SSSR count). The van der Waals surface area contributed by atoms with Gasteiger partial charge in [-0.3, -0.25) is 4.98 Å². The Morgan fingerprint density at radius 3 is 2.68 bits per heavy atom. The second-order valence-corrected chi connectivity index (χ2v) is 8.31. The van der Waals surface area contributed by atoms with Crippen molar-refractivity contribution >= 4 is 17.6 Å². The standard InChI is InChI=1S/C26H28N4O/c1-2-5-20(6-3-1)13-21-14-22(17-27-16-21)19-30-10-4-7-23-18-28-26(15-25(23)30)29-24-8-11-31-12-9-24/h1-7,14-18,24H,8-13,19H2,(H,28,29). The number of nitrogens with zero attached hydrogens (tertiary/aromatic N) is 3. The third kappa shape index (κ3) is 4.94. The SMILES string of the molecule is C1=Cc2cnc(NC3CCOCC3)cc2N(Cc2cncc(Cc3ccccc3)c2)C1. The average molecular weight is 413 g/mol. The fourth-order valence-corrected chi connectivity index (χ4v) is 4.32. The molecule has 0 aliphatic carbocycles. The lowest BCUT2D eigenvalue weighted by molar-refractivity contribution is 0.0904. The lowest BCUT2D eigenvalue weighted by Gasteiger charge is -2.29. The monoisotopic (exact) mass is 412 g/mol. The molecule has 2 aromatic heterocycles. The maximum Gasteiger partial charge on any atom is 0.128 e. The smallest absolute Gasteiger partial charge is 0.128 e. The molecule has 5 heteroatoms. The molecule has 31 heavy (non-hydrogen) atoms. The predicted molar refractivity (Wildman–Crippen MR) is 125 cm³/mol. The van der Waals surface area contributed by atoms with Gasteiger partial charge in [-0.1, -0.05) is 48.6 Å². The zero-order valence-electron chi connectivity index (χ0n) is 17.7. The minimum atomic E-state index is 0.436. The summed E-state index contributed by atoms with van der Waals surface area (Å²) < 4.78 is 5.47. The average Bonchev–Trinajstić information content (AvgIpc) is 2.81. The lowest BCUT2D eigenvalue weighted by Crippen LogP contribution is -2.29. The van der Waals surface area contributed by atoms with Gasteiger partial charge in [-0.25, -0.2) is 4.98 Å². The molecule has 1 aromatic carbocycles. The fourth-order valence-electron chi connectivity index (χ4n) is 4.32. The zero-order chi connectivity index (χ0) is 20.9. The van der Waals surface area contributed by atoms with Crippen LogP contribution in [0, 0.1) is 0 Å². The first-order valence-corrected chi connectivity index (χ1v) is 11.1. The summed E-state index contributed by atoms with van der Waals surface area (Å²) in [7, 11) is 0. The molecule has 158 valence electrons. The minimum absolute atomic E-state index is 0.436. The number of nitrogens with one attached hydrogen (secondary N) is 1. The molecule has 4 heterocycles. The Labute approximate surface area is 183 Å². The van der Waals surface area contributed by atoms with Crippen LogP contribution in [-0.2, 0) is 17.7 Å². The van der Waals surface area contributed by atoms with Crippen LogP contribution in [0.5, 0.6) is 0 Å². The van der Waals surface area contributed by atoms with Gasteiger partial charge in [-0.15, -0.1) is 0 Å². The molecule has 3 aromatic rings. The number of fused-ring (bicyclic) bond motifs is 1. The van der Waals surface area contributed by atoms with Crippen LogP contribution < -0.4 is 10.2 Å². The topological polar surface area (TPSA) is 50.3 Å². The molecule has 0 radical (unpaired) electrons. The van der Waals surface area contributed by atoms with Crippen molar-refractivity contribution in [1.29, 1.82) is 0 Å². The van der Waals surface area contributed by atoms with E-state index in [0.717, 1.165) is 56.9 Å². The van der Waals surface area contributed by atoms with Crippen LogP contribution in [0.4, 0.5) is 11.5 Å². The van der Waals surface area contributed by atoms with Gasteiger partial charge in [0.05, 0.1) is 0 Å². The first-order valence-electron chi connectivity index (χ1n) is 11.1. The van der Waals surface area contributed by atoms with Gasteiger partial charge >= 0.3 is 0 Å². The van der Waals surface area contributed by atoms with Crippen LogP contribution in [0.25, 0.3) is 6.08 Å². The quantitative estimate of drug-likeness (QED) is 0.636. The van der Waals surface area contributed by atoms with Gasteiger partial charge in [-0.05, 0) is 36.0 Å². The van der Waals surface area contributed by atoms with E-state index in [0.29, 0.717) is 6.04 Å². The molecule has 5 nitrogen and oxygen atoms in total. The van der Waals surface area contributed by atoms with Gasteiger partial charge in [0.1, 0.15) is 5.82 Å². The maximum atomic E-state index is 5.47. The van der Waals surface area contributed by atoms with E-state index < -0.39 is 0 Å². The normalized spacial score (nSPS) is 16.2. The number of pyridine rings is 2. The molecule has 0 unspecified atom stereocenters. The molecule has 1 saturated heterocycles. The van der Waals surface area contributed by atoms with Crippen molar-refractivity contribution in [3.05, 3.63) is 89.4 Å². The maximum absolute atomic E-state index is 5.47. The van der Waals surface area contributed by atoms with E-state index in [1.165, 1.54) is 22.4 Å². The highest BCUT2D eigenvalue weighted by Gasteiger charge is 2.18. The molecule has 0 saturated carbocycles. The van der Waals surface area contributed by atoms with Gasteiger partial charge < -0.3 is 15.0 Å². The van der Waals surface area contributed by atoms with Crippen LogP contribution in [0.1, 0.15) is 35.1 Å². The summed E-state index contributed by atoms with van der Waals surface area (Å²) in [6, 6.07) is 15.5. The molecule has 0 atom stereocenters. The highest BCUT2D eigenvalue weighted by Crippen LogP contribution is 2.29. The largest absolute Gasteiger partial charge is 0.381 e. The van der Waals surface area contributed by atoms with Crippen molar-refractivity contribution < 1.29 is 4.74 Å². The van der Waals surface area contributed by atoms with Gasteiger partial charge in [0, 0.05) is 68.3 Å². The summed E-state index contributed by atoms with van der Waals surface area (Å²) in [5.41, 5.74) is 6.17. The highest BCUT2D eigenvalue weighted by atomic mass is 16.5. The summed E-state index contributed by atoms with van der Waals surface area (Å²) in [6.45, 7) is 3.36. The molecular formula is C26H28N4O. The van der Waals surface area contributed by atoms with Crippen LogP contribution in [0.2, 0.25) is 0 Å². The van der Waals surface area contributed by atoms with Crippen molar-refractivity contribution in [2.24, 2.45) is 0 Å². The summed E-state index contributed by atoms with van der Waals surface area (Å²) in [5, 5.41) is 3.60. The van der Waals surface area contributed by atoms with Gasteiger partial charge in [0.25, 0.3) is 0 Å². The van der Waals surface area contributed by atoms with Gasteiger partial charge in [-0.2, -0.15) is 0 Å². The second-order valence-electron chi connectivity index (χ2n) is 8.31. The number of anilines is 2. The number of hydrogen-bond acceptors (Lipinski definition) is 5. The number of aromatic nitrogens is 2. The van der Waals surface area contributed by atoms with Crippen molar-refractivity contribution in [3.63, 3.8) is 0 Å². The third-order valence-corrected chi connectivity index (χ3v) is 5.93. The Bertz CT molecular complexity index is 1040. The van der Waals surface area contributed by atoms with Gasteiger partial charge in [0.15, 0.2) is 0 Å². The number of hydrogen-bond donors (Lipinski definition) is 1.